The van der Waals surface area contributed by atoms with Crippen molar-refractivity contribution in [2.24, 2.45) is 0 Å². The highest BCUT2D eigenvalue weighted by Crippen LogP contribution is 2.54. The molecule has 1 aromatic heterocycles. The Hall–Kier alpha value is -0.950. The van der Waals surface area contributed by atoms with Crippen LogP contribution in [0.15, 0.2) is 22.8 Å². The molecule has 2 aromatic rings. The molecule has 0 radical (unpaired) electrons. The number of ether oxygens (including phenoxy) is 1. The van der Waals surface area contributed by atoms with Gasteiger partial charge in [0, 0.05) is 21.6 Å². The van der Waals surface area contributed by atoms with E-state index in [0.717, 1.165) is 6.07 Å². The number of halogens is 3. The molecule has 19 heavy (non-hydrogen) atoms. The molecule has 0 unspecified atom stereocenters. The zero-order valence-electron chi connectivity index (χ0n) is 9.51. The Balaban J connectivity index is 2.66. The van der Waals surface area contributed by atoms with Crippen LogP contribution in [-0.4, -0.2) is 26.9 Å². The first-order valence-corrected chi connectivity index (χ1v) is 6.97. The van der Waals surface area contributed by atoms with Crippen molar-refractivity contribution in [1.29, 1.82) is 0 Å². The molecule has 102 valence electrons. The van der Waals surface area contributed by atoms with Gasteiger partial charge in [0.05, 0.1) is 12.6 Å². The lowest BCUT2D eigenvalue weighted by Gasteiger charge is -2.19. The van der Waals surface area contributed by atoms with Crippen molar-refractivity contribution in [3.63, 3.8) is 0 Å². The number of methoxy groups -OCH3 is 1. The van der Waals surface area contributed by atoms with Crippen LogP contribution in [-0.2, 0) is 5.66 Å². The maximum Gasteiger partial charge on any atom is 0.340 e. The van der Waals surface area contributed by atoms with Gasteiger partial charge in [-0.15, -0.1) is 0 Å². The average molecular weight is 353 g/mol. The second kappa shape index (κ2) is 5.20. The van der Waals surface area contributed by atoms with Gasteiger partial charge in [-0.25, -0.2) is 4.98 Å². The summed E-state index contributed by atoms with van der Waals surface area (Å²) in [4.78, 5) is 25.4. The number of fused-ring (bicyclic) bond motifs is 1. The van der Waals surface area contributed by atoms with Crippen molar-refractivity contribution < 1.29 is 23.3 Å². The van der Waals surface area contributed by atoms with E-state index in [9.17, 15) is 8.78 Å². The van der Waals surface area contributed by atoms with Gasteiger partial charge in [0.15, 0.2) is 0 Å². The fourth-order valence-corrected chi connectivity index (χ4v) is 2.63. The molecular weight excluding hydrogens is 345 g/mol. The Bertz CT molecular complexity index is 627. The third-order valence-corrected chi connectivity index (χ3v) is 3.80. The fourth-order valence-electron chi connectivity index (χ4n) is 1.47. The average Bonchev–Trinajstić information content (AvgIpc) is 2.37. The van der Waals surface area contributed by atoms with Gasteiger partial charge in [-0.05, 0) is 12.1 Å². The van der Waals surface area contributed by atoms with Gasteiger partial charge in [-0.2, -0.15) is 13.8 Å². The predicted molar refractivity (Wildman–Crippen MR) is 69.0 cm³/mol. The molecule has 0 atom stereocenters. The molecular formula is C10H8BrF2N2O3P. The molecule has 0 bridgehead atoms. The highest BCUT2D eigenvalue weighted by atomic mass is 79.9. The lowest BCUT2D eigenvalue weighted by atomic mass is 10.1. The smallest absolute Gasteiger partial charge is 0.340 e. The maximum atomic E-state index is 13.7. The minimum absolute atomic E-state index is 0.0411. The van der Waals surface area contributed by atoms with Crippen LogP contribution in [0, 0.1) is 0 Å². The number of alkyl halides is 2. The van der Waals surface area contributed by atoms with E-state index in [1.54, 1.807) is 0 Å². The summed E-state index contributed by atoms with van der Waals surface area (Å²) in [5.41, 5.74) is -4.07. The standard InChI is InChI=1S/C10H8BrF2N2O3P/c1-18-9-14-4-5-2-7(11)6(3-8(5)15-9)10(12,13)19(16)17/h2-4,16-17H,1H3. The van der Waals surface area contributed by atoms with Gasteiger partial charge >= 0.3 is 11.7 Å². The first kappa shape index (κ1) is 14.5. The molecule has 2 rings (SSSR count). The van der Waals surface area contributed by atoms with Crippen LogP contribution >= 0.6 is 24.3 Å². The van der Waals surface area contributed by atoms with E-state index in [0.29, 0.717) is 5.39 Å². The van der Waals surface area contributed by atoms with E-state index in [1.807, 2.05) is 0 Å². The van der Waals surface area contributed by atoms with Crippen molar-refractivity contribution >= 4 is 35.2 Å². The lowest BCUT2D eigenvalue weighted by molar-refractivity contribution is 0.0726. The topological polar surface area (TPSA) is 75.5 Å². The van der Waals surface area contributed by atoms with E-state index in [2.05, 4.69) is 25.9 Å². The Kier molecular flexibility index (Phi) is 3.96. The Labute approximate surface area is 116 Å². The molecule has 0 saturated carbocycles. The molecule has 1 aromatic carbocycles. The highest BCUT2D eigenvalue weighted by molar-refractivity contribution is 9.10. The van der Waals surface area contributed by atoms with Gasteiger partial charge in [0.1, 0.15) is 0 Å². The molecule has 5 nitrogen and oxygen atoms in total. The normalized spacial score (nSPS) is 12.2. The summed E-state index contributed by atoms with van der Waals surface area (Å²) in [6.07, 6.45) is 1.43. The molecule has 0 aliphatic heterocycles. The molecule has 0 fully saturated rings. The van der Waals surface area contributed by atoms with Gasteiger partial charge in [0.2, 0.25) is 8.38 Å². The summed E-state index contributed by atoms with van der Waals surface area (Å²) in [7, 11) is -2.08. The summed E-state index contributed by atoms with van der Waals surface area (Å²) < 4.78 is 32.2. The number of rotatable bonds is 3. The van der Waals surface area contributed by atoms with Crippen molar-refractivity contribution in [2.45, 2.75) is 5.66 Å². The van der Waals surface area contributed by atoms with E-state index in [-0.39, 0.29) is 16.0 Å². The lowest BCUT2D eigenvalue weighted by Crippen LogP contribution is -2.11. The molecule has 2 N–H and O–H groups in total. The molecule has 0 spiro atoms. The second-order valence-corrected chi connectivity index (χ2v) is 5.57. The summed E-state index contributed by atoms with van der Waals surface area (Å²) in [6.45, 7) is 0. The molecule has 9 heteroatoms. The largest absolute Gasteiger partial charge is 0.467 e. The number of aromatic nitrogens is 2. The zero-order valence-corrected chi connectivity index (χ0v) is 12.0. The second-order valence-electron chi connectivity index (χ2n) is 3.58. The molecule has 0 aliphatic carbocycles. The monoisotopic (exact) mass is 352 g/mol. The van der Waals surface area contributed by atoms with Crippen molar-refractivity contribution in [1.82, 2.24) is 9.97 Å². The predicted octanol–water partition coefficient (Wildman–Crippen LogP) is 2.75. The molecule has 0 aliphatic rings. The zero-order chi connectivity index (χ0) is 14.2. The quantitative estimate of drug-likeness (QED) is 0.830. The summed E-state index contributed by atoms with van der Waals surface area (Å²) in [5, 5.41) is 0.521. The van der Waals surface area contributed by atoms with Crippen LogP contribution in [0.1, 0.15) is 5.56 Å². The minimum Gasteiger partial charge on any atom is -0.467 e. The third kappa shape index (κ3) is 2.67. The highest BCUT2D eigenvalue weighted by Gasteiger charge is 2.42. The van der Waals surface area contributed by atoms with Crippen LogP contribution in [0.2, 0.25) is 0 Å². The van der Waals surface area contributed by atoms with Crippen molar-refractivity contribution in [3.05, 3.63) is 28.4 Å². The van der Waals surface area contributed by atoms with Crippen LogP contribution in [0.5, 0.6) is 6.01 Å². The van der Waals surface area contributed by atoms with E-state index in [1.165, 1.54) is 19.4 Å². The van der Waals surface area contributed by atoms with Crippen molar-refractivity contribution in [2.75, 3.05) is 7.11 Å². The summed E-state index contributed by atoms with van der Waals surface area (Å²) in [5.74, 6) is 0. The van der Waals surface area contributed by atoms with Gasteiger partial charge < -0.3 is 14.5 Å². The maximum absolute atomic E-state index is 13.7. The Morgan fingerprint density at radius 1 is 1.37 bits per heavy atom. The van der Waals surface area contributed by atoms with Gasteiger partial charge in [0.25, 0.3) is 0 Å². The van der Waals surface area contributed by atoms with Crippen molar-refractivity contribution in [3.8, 4) is 6.01 Å². The SMILES string of the molecule is COc1ncc2cc(Br)c(C(F)(F)P(O)O)cc2n1. The molecule has 0 amide bonds. The van der Waals surface area contributed by atoms with Crippen LogP contribution in [0.3, 0.4) is 0 Å². The third-order valence-electron chi connectivity index (χ3n) is 2.40. The fraction of sp³-hybridized carbons (Fsp3) is 0.200. The van der Waals surface area contributed by atoms with Crippen LogP contribution in [0.25, 0.3) is 10.9 Å². The van der Waals surface area contributed by atoms with E-state index < -0.39 is 19.6 Å². The van der Waals surface area contributed by atoms with Crippen LogP contribution in [0.4, 0.5) is 8.78 Å². The molecule has 0 saturated heterocycles. The van der Waals surface area contributed by atoms with E-state index in [4.69, 9.17) is 14.5 Å². The van der Waals surface area contributed by atoms with Gasteiger partial charge in [-0.3, -0.25) is 0 Å². The first-order valence-electron chi connectivity index (χ1n) is 4.93. The minimum atomic E-state index is -3.75. The van der Waals surface area contributed by atoms with E-state index >= 15 is 0 Å². The van der Waals surface area contributed by atoms with Crippen LogP contribution < -0.4 is 4.74 Å². The number of benzene rings is 1. The van der Waals surface area contributed by atoms with Gasteiger partial charge in [-0.1, -0.05) is 15.9 Å². The summed E-state index contributed by atoms with van der Waals surface area (Å²) >= 11 is 2.98. The summed E-state index contributed by atoms with van der Waals surface area (Å²) in [6, 6.07) is 2.50. The molecule has 1 heterocycles. The first-order chi connectivity index (χ1) is 8.86. The number of nitrogens with zero attached hydrogens (tertiary/aromatic N) is 2. The number of hydrogen-bond acceptors (Lipinski definition) is 5. The Morgan fingerprint density at radius 3 is 2.63 bits per heavy atom. The number of hydrogen-bond donors (Lipinski definition) is 2. The Morgan fingerprint density at radius 2 is 2.05 bits per heavy atom.